The first-order valence-electron chi connectivity index (χ1n) is 6.98. The Bertz CT molecular complexity index is 314. The molecule has 0 aromatic rings. The SMILES string of the molecule is CCC(C)C(NC(N)=O)C(=O)NC1CCC(O)CC1. The first-order chi connectivity index (χ1) is 8.93. The summed E-state index contributed by atoms with van der Waals surface area (Å²) in [7, 11) is 0. The fourth-order valence-corrected chi connectivity index (χ4v) is 2.37. The van der Waals surface area contributed by atoms with Gasteiger partial charge in [0.1, 0.15) is 6.04 Å². The maximum Gasteiger partial charge on any atom is 0.312 e. The molecule has 0 radical (unpaired) electrons. The number of carbonyl (C=O) groups is 2. The highest BCUT2D eigenvalue weighted by Gasteiger charge is 2.28. The third-order valence-corrected chi connectivity index (χ3v) is 3.84. The van der Waals surface area contributed by atoms with E-state index >= 15 is 0 Å². The molecule has 0 saturated heterocycles. The normalized spacial score (nSPS) is 26.3. The monoisotopic (exact) mass is 271 g/mol. The Kier molecular flexibility index (Phi) is 6.08. The maximum absolute atomic E-state index is 12.2. The molecule has 0 bridgehead atoms. The predicted molar refractivity (Wildman–Crippen MR) is 72.4 cm³/mol. The summed E-state index contributed by atoms with van der Waals surface area (Å²) in [6, 6.07) is -1.19. The molecule has 2 atom stereocenters. The van der Waals surface area contributed by atoms with Crippen molar-refractivity contribution in [3.8, 4) is 0 Å². The molecule has 19 heavy (non-hydrogen) atoms. The highest BCUT2D eigenvalue weighted by molar-refractivity contribution is 5.86. The van der Waals surface area contributed by atoms with Crippen molar-refractivity contribution in [2.75, 3.05) is 0 Å². The number of primary amides is 1. The Hall–Kier alpha value is -1.30. The Labute approximate surface area is 114 Å². The van der Waals surface area contributed by atoms with Crippen LogP contribution in [0.5, 0.6) is 0 Å². The molecule has 1 aliphatic carbocycles. The molecule has 0 aliphatic heterocycles. The highest BCUT2D eigenvalue weighted by Crippen LogP contribution is 2.19. The Morgan fingerprint density at radius 3 is 2.37 bits per heavy atom. The smallest absolute Gasteiger partial charge is 0.312 e. The summed E-state index contributed by atoms with van der Waals surface area (Å²) in [5.41, 5.74) is 5.11. The molecule has 3 amide bonds. The van der Waals surface area contributed by atoms with Gasteiger partial charge in [-0.05, 0) is 31.6 Å². The third kappa shape index (κ3) is 5.06. The van der Waals surface area contributed by atoms with Crippen LogP contribution >= 0.6 is 0 Å². The molecule has 1 aliphatic rings. The van der Waals surface area contributed by atoms with E-state index in [9.17, 15) is 14.7 Å². The van der Waals surface area contributed by atoms with Crippen molar-refractivity contribution in [2.24, 2.45) is 11.7 Å². The Morgan fingerprint density at radius 1 is 1.32 bits per heavy atom. The summed E-state index contributed by atoms with van der Waals surface area (Å²) in [5.74, 6) is -0.156. The average Bonchev–Trinajstić information content (AvgIpc) is 2.37. The van der Waals surface area contributed by atoms with E-state index in [0.29, 0.717) is 12.8 Å². The number of aliphatic hydroxyl groups excluding tert-OH is 1. The van der Waals surface area contributed by atoms with Gasteiger partial charge in [0.2, 0.25) is 5.91 Å². The Balaban J connectivity index is 2.53. The second-order valence-corrected chi connectivity index (χ2v) is 5.39. The zero-order valence-corrected chi connectivity index (χ0v) is 11.7. The summed E-state index contributed by atoms with van der Waals surface area (Å²) in [4.78, 5) is 23.2. The molecule has 0 spiro atoms. The van der Waals surface area contributed by atoms with E-state index in [-0.39, 0.29) is 24.0 Å². The van der Waals surface area contributed by atoms with Gasteiger partial charge in [0.05, 0.1) is 6.10 Å². The summed E-state index contributed by atoms with van der Waals surface area (Å²) >= 11 is 0. The highest BCUT2D eigenvalue weighted by atomic mass is 16.3. The zero-order chi connectivity index (χ0) is 14.4. The van der Waals surface area contributed by atoms with Crippen LogP contribution < -0.4 is 16.4 Å². The van der Waals surface area contributed by atoms with Crippen molar-refractivity contribution in [1.82, 2.24) is 10.6 Å². The van der Waals surface area contributed by atoms with Crippen LogP contribution in [-0.4, -0.2) is 35.2 Å². The number of carbonyl (C=O) groups excluding carboxylic acids is 2. The van der Waals surface area contributed by atoms with Crippen molar-refractivity contribution >= 4 is 11.9 Å². The number of amides is 3. The average molecular weight is 271 g/mol. The fraction of sp³-hybridized carbons (Fsp3) is 0.846. The molecule has 1 fully saturated rings. The van der Waals surface area contributed by atoms with Crippen molar-refractivity contribution in [3.05, 3.63) is 0 Å². The third-order valence-electron chi connectivity index (χ3n) is 3.84. The number of hydrogen-bond donors (Lipinski definition) is 4. The Morgan fingerprint density at radius 2 is 1.89 bits per heavy atom. The lowest BCUT2D eigenvalue weighted by atomic mass is 9.92. The molecule has 0 aromatic heterocycles. The van der Waals surface area contributed by atoms with Crippen LogP contribution in [0.25, 0.3) is 0 Å². The van der Waals surface area contributed by atoms with Crippen LogP contribution in [0.1, 0.15) is 46.0 Å². The minimum absolute atomic E-state index is 0.0293. The van der Waals surface area contributed by atoms with Crippen LogP contribution in [0, 0.1) is 5.92 Å². The van der Waals surface area contributed by atoms with E-state index < -0.39 is 12.1 Å². The molecular formula is C13H25N3O3. The lowest BCUT2D eigenvalue weighted by molar-refractivity contribution is -0.125. The van der Waals surface area contributed by atoms with Crippen LogP contribution in [0.15, 0.2) is 0 Å². The standard InChI is InChI=1S/C13H25N3O3/c1-3-8(2)11(16-13(14)19)12(18)15-9-4-6-10(17)7-5-9/h8-11,17H,3-7H2,1-2H3,(H,15,18)(H3,14,16,19). The van der Waals surface area contributed by atoms with Gasteiger partial charge in [-0.25, -0.2) is 4.79 Å². The van der Waals surface area contributed by atoms with Gasteiger partial charge in [-0.1, -0.05) is 20.3 Å². The van der Waals surface area contributed by atoms with Crippen LogP contribution in [0.3, 0.4) is 0 Å². The van der Waals surface area contributed by atoms with Gasteiger partial charge in [-0.15, -0.1) is 0 Å². The molecule has 1 saturated carbocycles. The van der Waals surface area contributed by atoms with Gasteiger partial charge >= 0.3 is 6.03 Å². The minimum atomic E-state index is -0.681. The second-order valence-electron chi connectivity index (χ2n) is 5.39. The van der Waals surface area contributed by atoms with Crippen molar-refractivity contribution in [2.45, 2.75) is 64.1 Å². The number of urea groups is 1. The van der Waals surface area contributed by atoms with Crippen LogP contribution in [0.4, 0.5) is 4.79 Å². The van der Waals surface area contributed by atoms with Crippen molar-refractivity contribution in [3.63, 3.8) is 0 Å². The molecule has 6 heteroatoms. The van der Waals surface area contributed by atoms with Crippen LogP contribution in [0.2, 0.25) is 0 Å². The van der Waals surface area contributed by atoms with E-state index in [0.717, 1.165) is 19.3 Å². The summed E-state index contributed by atoms with van der Waals surface area (Å²) in [5, 5.41) is 14.9. The molecular weight excluding hydrogens is 246 g/mol. The number of nitrogens with two attached hydrogens (primary N) is 1. The number of aliphatic hydroxyl groups is 1. The predicted octanol–water partition coefficient (Wildman–Crippen LogP) is 0.489. The molecule has 2 unspecified atom stereocenters. The first-order valence-corrected chi connectivity index (χ1v) is 6.98. The molecule has 1 rings (SSSR count). The van der Waals surface area contributed by atoms with E-state index in [1.54, 1.807) is 0 Å². The summed E-state index contributed by atoms with van der Waals surface area (Å²) < 4.78 is 0. The summed E-state index contributed by atoms with van der Waals surface area (Å²) in [6.45, 7) is 3.87. The lowest BCUT2D eigenvalue weighted by Gasteiger charge is -2.29. The molecule has 110 valence electrons. The van der Waals surface area contributed by atoms with Crippen molar-refractivity contribution < 1.29 is 14.7 Å². The van der Waals surface area contributed by atoms with Gasteiger partial charge in [0.15, 0.2) is 0 Å². The van der Waals surface area contributed by atoms with Gasteiger partial charge < -0.3 is 21.5 Å². The molecule has 5 N–H and O–H groups in total. The largest absolute Gasteiger partial charge is 0.393 e. The van der Waals surface area contributed by atoms with Gasteiger partial charge in [0, 0.05) is 6.04 Å². The first kappa shape index (κ1) is 15.8. The molecule has 0 heterocycles. The van der Waals surface area contributed by atoms with E-state index in [4.69, 9.17) is 5.73 Å². The van der Waals surface area contributed by atoms with Gasteiger partial charge in [0.25, 0.3) is 0 Å². The van der Waals surface area contributed by atoms with Crippen LogP contribution in [-0.2, 0) is 4.79 Å². The number of rotatable bonds is 5. The van der Waals surface area contributed by atoms with Gasteiger partial charge in [-0.3, -0.25) is 4.79 Å². The fourth-order valence-electron chi connectivity index (χ4n) is 2.37. The number of nitrogens with one attached hydrogen (secondary N) is 2. The molecule has 0 aromatic carbocycles. The lowest BCUT2D eigenvalue weighted by Crippen LogP contribution is -2.54. The quantitative estimate of drug-likeness (QED) is 0.585. The van der Waals surface area contributed by atoms with Gasteiger partial charge in [-0.2, -0.15) is 0 Å². The zero-order valence-electron chi connectivity index (χ0n) is 11.7. The topological polar surface area (TPSA) is 104 Å². The maximum atomic E-state index is 12.2. The van der Waals surface area contributed by atoms with E-state index in [2.05, 4.69) is 10.6 Å². The van der Waals surface area contributed by atoms with E-state index in [1.165, 1.54) is 0 Å². The summed E-state index contributed by atoms with van der Waals surface area (Å²) in [6.07, 6.45) is 3.50. The van der Waals surface area contributed by atoms with E-state index in [1.807, 2.05) is 13.8 Å². The molecule has 6 nitrogen and oxygen atoms in total. The number of hydrogen-bond acceptors (Lipinski definition) is 3. The minimum Gasteiger partial charge on any atom is -0.393 e. The van der Waals surface area contributed by atoms with Crippen molar-refractivity contribution in [1.29, 1.82) is 0 Å². The second kappa shape index (κ2) is 7.33.